The van der Waals surface area contributed by atoms with Gasteiger partial charge < -0.3 is 4.90 Å². The first-order valence-electron chi connectivity index (χ1n) is 3.87. The lowest BCUT2D eigenvalue weighted by Gasteiger charge is -2.17. The van der Waals surface area contributed by atoms with Gasteiger partial charge in [0, 0.05) is 13.1 Å². The van der Waals surface area contributed by atoms with E-state index in [0.29, 0.717) is 4.73 Å². The van der Waals surface area contributed by atoms with Gasteiger partial charge in [-0.15, -0.1) is 0 Å². The Morgan fingerprint density at radius 2 is 2.00 bits per heavy atom. The Kier molecular flexibility index (Phi) is 3.40. The molecule has 1 heterocycles. The Labute approximate surface area is 80.2 Å². The molecule has 5 heteroatoms. The number of hydrogen-bond donors (Lipinski definition) is 0. The van der Waals surface area contributed by atoms with Crippen LogP contribution in [-0.2, 0) is 0 Å². The average molecular weight is 231 g/mol. The minimum atomic E-state index is 0.583. The highest BCUT2D eigenvalue weighted by Crippen LogP contribution is 2.07. The van der Waals surface area contributed by atoms with Gasteiger partial charge in [-0.05, 0) is 29.8 Å². The molecule has 1 aromatic rings. The van der Waals surface area contributed by atoms with Crippen LogP contribution in [-0.4, -0.2) is 28.0 Å². The van der Waals surface area contributed by atoms with Gasteiger partial charge in [0.2, 0.25) is 10.7 Å². The summed E-state index contributed by atoms with van der Waals surface area (Å²) in [6.07, 6.45) is 1.50. The quantitative estimate of drug-likeness (QED) is 0.790. The normalized spacial score (nSPS) is 9.92. The van der Waals surface area contributed by atoms with Crippen molar-refractivity contribution in [3.63, 3.8) is 0 Å². The van der Waals surface area contributed by atoms with Crippen LogP contribution < -0.4 is 4.90 Å². The van der Waals surface area contributed by atoms with E-state index < -0.39 is 0 Å². The largest absolute Gasteiger partial charge is 0.341 e. The van der Waals surface area contributed by atoms with Crippen molar-refractivity contribution in [1.29, 1.82) is 0 Å². The van der Waals surface area contributed by atoms with Crippen LogP contribution in [0.4, 0.5) is 5.95 Å². The van der Waals surface area contributed by atoms with E-state index in [-0.39, 0.29) is 0 Å². The second-order valence-corrected chi connectivity index (χ2v) is 2.94. The number of aromatic nitrogens is 3. The highest BCUT2D eigenvalue weighted by Gasteiger charge is 2.04. The van der Waals surface area contributed by atoms with Gasteiger partial charge in [-0.25, -0.2) is 9.97 Å². The van der Waals surface area contributed by atoms with Crippen LogP contribution in [0.15, 0.2) is 11.1 Å². The first-order valence-corrected chi connectivity index (χ1v) is 4.66. The molecule has 0 saturated heterocycles. The Morgan fingerprint density at radius 3 is 2.50 bits per heavy atom. The Bertz CT molecular complexity index is 249. The van der Waals surface area contributed by atoms with Crippen LogP contribution in [0.5, 0.6) is 0 Å². The molecule has 1 rings (SSSR count). The topological polar surface area (TPSA) is 41.9 Å². The summed E-state index contributed by atoms with van der Waals surface area (Å²) in [6.45, 7) is 5.96. The van der Waals surface area contributed by atoms with E-state index in [1.54, 1.807) is 0 Å². The van der Waals surface area contributed by atoms with Crippen LogP contribution in [0.3, 0.4) is 0 Å². The molecule has 0 aliphatic heterocycles. The molecule has 0 spiro atoms. The molecule has 0 N–H and O–H groups in total. The number of halogens is 1. The van der Waals surface area contributed by atoms with Gasteiger partial charge >= 0.3 is 0 Å². The third-order valence-electron chi connectivity index (χ3n) is 1.58. The maximum Gasteiger partial charge on any atom is 0.229 e. The fraction of sp³-hybridized carbons (Fsp3) is 0.571. The first kappa shape index (κ1) is 9.38. The van der Waals surface area contributed by atoms with Crippen molar-refractivity contribution < 1.29 is 0 Å². The molecule has 0 unspecified atom stereocenters. The lowest BCUT2D eigenvalue weighted by atomic mass is 10.5. The average Bonchev–Trinajstić information content (AvgIpc) is 2.07. The minimum absolute atomic E-state index is 0.583. The van der Waals surface area contributed by atoms with Crippen molar-refractivity contribution in [1.82, 2.24) is 15.0 Å². The molecular weight excluding hydrogens is 220 g/mol. The monoisotopic (exact) mass is 230 g/mol. The lowest BCUT2D eigenvalue weighted by Crippen LogP contribution is -2.24. The zero-order chi connectivity index (χ0) is 8.97. The van der Waals surface area contributed by atoms with Gasteiger partial charge in [0.1, 0.15) is 6.33 Å². The number of anilines is 1. The molecule has 4 nitrogen and oxygen atoms in total. The molecule has 0 radical (unpaired) electrons. The molecule has 0 aliphatic rings. The maximum atomic E-state index is 4.14. The molecule has 0 aromatic carbocycles. The van der Waals surface area contributed by atoms with Gasteiger partial charge in [-0.2, -0.15) is 4.98 Å². The second-order valence-electron chi connectivity index (χ2n) is 2.23. The van der Waals surface area contributed by atoms with E-state index >= 15 is 0 Å². The van der Waals surface area contributed by atoms with Crippen molar-refractivity contribution in [2.24, 2.45) is 0 Å². The molecule has 0 amide bonds. The van der Waals surface area contributed by atoms with Crippen molar-refractivity contribution in [3.8, 4) is 0 Å². The summed E-state index contributed by atoms with van der Waals surface area (Å²) in [5.41, 5.74) is 0. The number of nitrogens with zero attached hydrogens (tertiary/aromatic N) is 4. The van der Waals surface area contributed by atoms with Crippen LogP contribution in [0.2, 0.25) is 0 Å². The molecule has 1 aromatic heterocycles. The van der Waals surface area contributed by atoms with Gasteiger partial charge in [-0.1, -0.05) is 0 Å². The van der Waals surface area contributed by atoms with E-state index in [0.717, 1.165) is 19.0 Å². The summed E-state index contributed by atoms with van der Waals surface area (Å²) in [4.78, 5) is 14.1. The first-order chi connectivity index (χ1) is 5.77. The summed E-state index contributed by atoms with van der Waals surface area (Å²) in [6, 6.07) is 0. The summed E-state index contributed by atoms with van der Waals surface area (Å²) in [7, 11) is 0. The van der Waals surface area contributed by atoms with Crippen LogP contribution in [0, 0.1) is 0 Å². The SMILES string of the molecule is CCN(CC)c1ncnc(Br)n1. The summed E-state index contributed by atoms with van der Waals surface area (Å²) >= 11 is 3.20. The zero-order valence-corrected chi connectivity index (χ0v) is 8.74. The predicted octanol–water partition coefficient (Wildman–Crippen LogP) is 1.48. The third kappa shape index (κ3) is 2.14. The van der Waals surface area contributed by atoms with Gasteiger partial charge in [-0.3, -0.25) is 0 Å². The van der Waals surface area contributed by atoms with E-state index in [2.05, 4.69) is 49.6 Å². The smallest absolute Gasteiger partial charge is 0.229 e. The molecule has 0 aliphatic carbocycles. The molecule has 66 valence electrons. The van der Waals surface area contributed by atoms with Crippen molar-refractivity contribution in [3.05, 3.63) is 11.1 Å². The highest BCUT2D eigenvalue weighted by atomic mass is 79.9. The Morgan fingerprint density at radius 1 is 1.33 bits per heavy atom. The van der Waals surface area contributed by atoms with E-state index in [1.807, 2.05) is 0 Å². The van der Waals surface area contributed by atoms with Crippen molar-refractivity contribution >= 4 is 21.9 Å². The molecule has 12 heavy (non-hydrogen) atoms. The highest BCUT2D eigenvalue weighted by molar-refractivity contribution is 9.10. The lowest BCUT2D eigenvalue weighted by molar-refractivity contribution is 0.805. The van der Waals surface area contributed by atoms with Crippen LogP contribution >= 0.6 is 15.9 Å². The van der Waals surface area contributed by atoms with Crippen molar-refractivity contribution in [2.75, 3.05) is 18.0 Å². The van der Waals surface area contributed by atoms with E-state index in [1.165, 1.54) is 6.33 Å². The molecule has 0 atom stereocenters. The third-order valence-corrected chi connectivity index (χ3v) is 1.96. The summed E-state index contributed by atoms with van der Waals surface area (Å²) in [5, 5.41) is 0. The fourth-order valence-corrected chi connectivity index (χ4v) is 1.18. The predicted molar refractivity (Wildman–Crippen MR) is 51.1 cm³/mol. The molecule has 0 fully saturated rings. The number of rotatable bonds is 3. The molecule has 0 saturated carbocycles. The number of hydrogen-bond acceptors (Lipinski definition) is 4. The summed E-state index contributed by atoms with van der Waals surface area (Å²) < 4.78 is 0.583. The van der Waals surface area contributed by atoms with Crippen LogP contribution in [0.25, 0.3) is 0 Å². The van der Waals surface area contributed by atoms with Crippen LogP contribution in [0.1, 0.15) is 13.8 Å². The Hall–Kier alpha value is -0.710. The standard InChI is InChI=1S/C7H11BrN4/c1-3-12(4-2)7-10-5-9-6(8)11-7/h5H,3-4H2,1-2H3. The summed E-state index contributed by atoms with van der Waals surface area (Å²) in [5.74, 6) is 0.724. The Balaban J connectivity index is 2.85. The van der Waals surface area contributed by atoms with E-state index in [9.17, 15) is 0 Å². The minimum Gasteiger partial charge on any atom is -0.341 e. The van der Waals surface area contributed by atoms with Gasteiger partial charge in [0.25, 0.3) is 0 Å². The zero-order valence-electron chi connectivity index (χ0n) is 7.16. The molecular formula is C7H11BrN4. The van der Waals surface area contributed by atoms with E-state index in [4.69, 9.17) is 0 Å². The van der Waals surface area contributed by atoms with Gasteiger partial charge in [0.05, 0.1) is 0 Å². The molecule has 0 bridgehead atoms. The second kappa shape index (κ2) is 4.35. The maximum absolute atomic E-state index is 4.14. The van der Waals surface area contributed by atoms with Gasteiger partial charge in [0.15, 0.2) is 0 Å². The van der Waals surface area contributed by atoms with Crippen molar-refractivity contribution in [2.45, 2.75) is 13.8 Å². The fourth-order valence-electron chi connectivity index (χ4n) is 0.927.